The summed E-state index contributed by atoms with van der Waals surface area (Å²) >= 11 is 1.40. The number of anilines is 1. The molecule has 0 bridgehead atoms. The molecule has 136 valence electrons. The van der Waals surface area contributed by atoms with Crippen molar-refractivity contribution < 1.29 is 13.2 Å². The molecule has 0 aliphatic rings. The molecule has 5 nitrogen and oxygen atoms in total. The summed E-state index contributed by atoms with van der Waals surface area (Å²) < 4.78 is 26.1. The van der Waals surface area contributed by atoms with E-state index in [9.17, 15) is 13.2 Å². The Bertz CT molecular complexity index is 1030. The van der Waals surface area contributed by atoms with E-state index in [0.29, 0.717) is 23.7 Å². The lowest BCUT2D eigenvalue weighted by atomic mass is 10.2. The largest absolute Gasteiger partial charge is 0.347 e. The Hall–Kier alpha value is -2.38. The van der Waals surface area contributed by atoms with Gasteiger partial charge < -0.3 is 5.32 Å². The van der Waals surface area contributed by atoms with Gasteiger partial charge in [0.25, 0.3) is 5.91 Å². The molecule has 1 aromatic heterocycles. The molecule has 0 saturated carbocycles. The maximum Gasteiger partial charge on any atom is 0.261 e. The summed E-state index contributed by atoms with van der Waals surface area (Å²) in [4.78, 5) is 13.0. The number of hydrogen-bond acceptors (Lipinski definition) is 4. The van der Waals surface area contributed by atoms with E-state index in [-0.39, 0.29) is 5.91 Å². The zero-order valence-electron chi connectivity index (χ0n) is 14.6. The highest BCUT2D eigenvalue weighted by Gasteiger charge is 2.17. The molecular formula is C19H20N2O3S2. The van der Waals surface area contributed by atoms with Gasteiger partial charge in [-0.05, 0) is 42.1 Å². The normalized spacial score (nSPS) is 11.5. The van der Waals surface area contributed by atoms with Crippen LogP contribution < -0.4 is 9.62 Å². The molecule has 0 aliphatic carbocycles. The number of thiophene rings is 1. The predicted molar refractivity (Wildman–Crippen MR) is 107 cm³/mol. The van der Waals surface area contributed by atoms with Crippen LogP contribution in [0.25, 0.3) is 10.1 Å². The third-order valence-corrected chi connectivity index (χ3v) is 6.38. The van der Waals surface area contributed by atoms with Gasteiger partial charge in [-0.3, -0.25) is 9.10 Å². The lowest BCUT2D eigenvalue weighted by molar-refractivity contribution is 0.0955. The highest BCUT2D eigenvalue weighted by atomic mass is 32.2. The second kappa shape index (κ2) is 7.47. The van der Waals surface area contributed by atoms with Crippen LogP contribution >= 0.6 is 11.3 Å². The van der Waals surface area contributed by atoms with Crippen molar-refractivity contribution in [1.29, 1.82) is 0 Å². The topological polar surface area (TPSA) is 66.5 Å². The van der Waals surface area contributed by atoms with Crippen LogP contribution in [0.15, 0.2) is 54.6 Å². The second-order valence-electron chi connectivity index (χ2n) is 5.93. The predicted octanol–water partition coefficient (Wildman–Crippen LogP) is 3.62. The van der Waals surface area contributed by atoms with Crippen LogP contribution in [0, 0.1) is 0 Å². The van der Waals surface area contributed by atoms with E-state index >= 15 is 0 Å². The monoisotopic (exact) mass is 388 g/mol. The molecule has 1 N–H and O–H groups in total. The molecular weight excluding hydrogens is 368 g/mol. The number of carbonyl (C=O) groups is 1. The Morgan fingerprint density at radius 2 is 1.85 bits per heavy atom. The number of nitrogens with one attached hydrogen (secondary N) is 1. The SMILES string of the molecule is CCN(c1ccc2sc(C(=O)NCc3ccccc3)cc2c1)S(C)(=O)=O. The van der Waals surface area contributed by atoms with E-state index in [2.05, 4.69) is 5.32 Å². The van der Waals surface area contributed by atoms with Crippen molar-refractivity contribution in [3.05, 3.63) is 65.0 Å². The molecule has 3 aromatic rings. The van der Waals surface area contributed by atoms with E-state index in [0.717, 1.165) is 15.6 Å². The second-order valence-corrected chi connectivity index (χ2v) is 8.92. The van der Waals surface area contributed by atoms with Gasteiger partial charge in [-0.2, -0.15) is 0 Å². The fraction of sp³-hybridized carbons (Fsp3) is 0.211. The molecule has 0 spiro atoms. The summed E-state index contributed by atoms with van der Waals surface area (Å²) in [6.07, 6.45) is 1.19. The molecule has 7 heteroatoms. The Kier molecular flexibility index (Phi) is 5.29. The number of fused-ring (bicyclic) bond motifs is 1. The maximum atomic E-state index is 12.4. The van der Waals surface area contributed by atoms with E-state index < -0.39 is 10.0 Å². The first-order valence-electron chi connectivity index (χ1n) is 8.22. The molecule has 0 radical (unpaired) electrons. The van der Waals surface area contributed by atoms with Crippen molar-refractivity contribution in [2.24, 2.45) is 0 Å². The Morgan fingerprint density at radius 1 is 1.12 bits per heavy atom. The first-order valence-corrected chi connectivity index (χ1v) is 10.9. The van der Waals surface area contributed by atoms with Gasteiger partial charge in [0.1, 0.15) is 0 Å². The van der Waals surface area contributed by atoms with Crippen LogP contribution in [-0.2, 0) is 16.6 Å². The van der Waals surface area contributed by atoms with Crippen LogP contribution in [0.3, 0.4) is 0 Å². The van der Waals surface area contributed by atoms with E-state index in [4.69, 9.17) is 0 Å². The van der Waals surface area contributed by atoms with Crippen molar-refractivity contribution in [2.45, 2.75) is 13.5 Å². The molecule has 0 unspecified atom stereocenters. The number of hydrogen-bond donors (Lipinski definition) is 1. The van der Waals surface area contributed by atoms with Gasteiger partial charge in [-0.1, -0.05) is 30.3 Å². The van der Waals surface area contributed by atoms with Crippen molar-refractivity contribution in [3.63, 3.8) is 0 Å². The van der Waals surface area contributed by atoms with E-state index in [1.54, 1.807) is 19.1 Å². The molecule has 26 heavy (non-hydrogen) atoms. The number of amides is 1. The Balaban J connectivity index is 1.81. The third kappa shape index (κ3) is 4.05. The highest BCUT2D eigenvalue weighted by molar-refractivity contribution is 7.92. The van der Waals surface area contributed by atoms with Crippen molar-refractivity contribution in [1.82, 2.24) is 5.32 Å². The Labute approximate surface area is 157 Å². The summed E-state index contributed by atoms with van der Waals surface area (Å²) in [6.45, 7) is 2.62. The summed E-state index contributed by atoms with van der Waals surface area (Å²) in [5.41, 5.74) is 1.65. The molecule has 3 rings (SSSR count). The van der Waals surface area contributed by atoms with Gasteiger partial charge in [-0.25, -0.2) is 8.42 Å². The van der Waals surface area contributed by atoms with Crippen LogP contribution in [-0.4, -0.2) is 27.1 Å². The van der Waals surface area contributed by atoms with Gasteiger partial charge in [0.2, 0.25) is 10.0 Å². The number of nitrogens with zero attached hydrogens (tertiary/aromatic N) is 1. The Morgan fingerprint density at radius 3 is 2.50 bits per heavy atom. The first-order chi connectivity index (χ1) is 12.4. The molecule has 0 atom stereocenters. The quantitative estimate of drug-likeness (QED) is 0.701. The minimum Gasteiger partial charge on any atom is -0.347 e. The lowest BCUT2D eigenvalue weighted by Gasteiger charge is -2.20. The zero-order valence-corrected chi connectivity index (χ0v) is 16.2. The smallest absolute Gasteiger partial charge is 0.261 e. The summed E-state index contributed by atoms with van der Waals surface area (Å²) in [6, 6.07) is 17.0. The minimum absolute atomic E-state index is 0.132. The average molecular weight is 389 g/mol. The molecule has 1 amide bonds. The van der Waals surface area contributed by atoms with Gasteiger partial charge in [0.15, 0.2) is 0 Å². The average Bonchev–Trinajstić information content (AvgIpc) is 3.03. The number of sulfonamides is 1. The van der Waals surface area contributed by atoms with Crippen molar-refractivity contribution in [2.75, 3.05) is 17.1 Å². The van der Waals surface area contributed by atoms with Gasteiger partial charge in [0, 0.05) is 17.8 Å². The van der Waals surface area contributed by atoms with Crippen LogP contribution in [0.5, 0.6) is 0 Å². The summed E-state index contributed by atoms with van der Waals surface area (Å²) in [7, 11) is -3.33. The zero-order chi connectivity index (χ0) is 18.7. The standard InChI is InChI=1S/C19H20N2O3S2/c1-3-21(26(2,23)24)16-9-10-17-15(11-16)12-18(25-17)19(22)20-13-14-7-5-4-6-8-14/h4-12H,3,13H2,1-2H3,(H,20,22). The summed E-state index contributed by atoms with van der Waals surface area (Å²) in [5.74, 6) is -0.132. The van der Waals surface area contributed by atoms with Gasteiger partial charge in [-0.15, -0.1) is 11.3 Å². The van der Waals surface area contributed by atoms with Crippen LogP contribution in [0.2, 0.25) is 0 Å². The number of carbonyl (C=O) groups excluding carboxylic acids is 1. The highest BCUT2D eigenvalue weighted by Crippen LogP contribution is 2.30. The summed E-state index contributed by atoms with van der Waals surface area (Å²) in [5, 5.41) is 3.77. The van der Waals surface area contributed by atoms with Gasteiger partial charge in [0.05, 0.1) is 16.8 Å². The maximum absolute atomic E-state index is 12.4. The van der Waals surface area contributed by atoms with Crippen LogP contribution in [0.1, 0.15) is 22.2 Å². The van der Waals surface area contributed by atoms with Gasteiger partial charge >= 0.3 is 0 Å². The molecule has 0 saturated heterocycles. The van der Waals surface area contributed by atoms with Crippen molar-refractivity contribution >= 4 is 43.0 Å². The molecule has 0 fully saturated rings. The van der Waals surface area contributed by atoms with Crippen molar-refractivity contribution in [3.8, 4) is 0 Å². The number of benzene rings is 2. The van der Waals surface area contributed by atoms with E-state index in [1.165, 1.54) is 21.9 Å². The minimum atomic E-state index is -3.33. The van der Waals surface area contributed by atoms with Crippen LogP contribution in [0.4, 0.5) is 5.69 Å². The number of rotatable bonds is 6. The van der Waals surface area contributed by atoms with E-state index in [1.807, 2.05) is 42.5 Å². The molecule has 1 heterocycles. The molecule has 0 aliphatic heterocycles. The molecule has 2 aromatic carbocycles. The third-order valence-electron chi connectivity index (χ3n) is 4.00. The lowest BCUT2D eigenvalue weighted by Crippen LogP contribution is -2.29. The first kappa shape index (κ1) is 18.4. The fourth-order valence-corrected chi connectivity index (χ4v) is 4.70. The fourth-order valence-electron chi connectivity index (χ4n) is 2.77.